The summed E-state index contributed by atoms with van der Waals surface area (Å²) in [5.41, 5.74) is 4.48. The highest BCUT2D eigenvalue weighted by Crippen LogP contribution is 2.53. The van der Waals surface area contributed by atoms with Crippen molar-refractivity contribution in [2.24, 2.45) is 0 Å². The van der Waals surface area contributed by atoms with E-state index in [-0.39, 0.29) is 5.92 Å². The van der Waals surface area contributed by atoms with Crippen LogP contribution in [0.5, 0.6) is 40.2 Å². The Morgan fingerprint density at radius 2 is 1.19 bits per heavy atom. The minimum Gasteiger partial charge on any atom is -0.497 e. The van der Waals surface area contributed by atoms with Gasteiger partial charge < -0.3 is 37.9 Å². The van der Waals surface area contributed by atoms with Crippen LogP contribution in [0, 0.1) is 0 Å². The molecule has 0 spiro atoms. The molecule has 48 heavy (non-hydrogen) atoms. The monoisotopic (exact) mass is 656 g/mol. The predicted molar refractivity (Wildman–Crippen MR) is 179 cm³/mol. The maximum Gasteiger partial charge on any atom is 0.343 e. The first-order valence-electron chi connectivity index (χ1n) is 15.3. The molecule has 0 saturated carbocycles. The molecule has 2 unspecified atom stereocenters. The maximum atomic E-state index is 13.8. The van der Waals surface area contributed by atoms with Crippen LogP contribution < -0.4 is 33.2 Å². The molecule has 1 aliphatic rings. The van der Waals surface area contributed by atoms with Gasteiger partial charge in [0, 0.05) is 51.4 Å². The normalized spacial score (nSPS) is 14.1. The summed E-state index contributed by atoms with van der Waals surface area (Å²) in [6.07, 6.45) is -0.166. The number of benzene rings is 4. The molecule has 0 aliphatic carbocycles. The zero-order valence-corrected chi connectivity index (χ0v) is 28.6. The van der Waals surface area contributed by atoms with Crippen molar-refractivity contribution in [3.63, 3.8) is 0 Å². The summed E-state index contributed by atoms with van der Waals surface area (Å²) >= 11 is 0. The summed E-state index contributed by atoms with van der Waals surface area (Å²) in [6.45, 7) is 4.00. The molecule has 0 fully saturated rings. The molecule has 0 N–H and O–H groups in total. The molecular formula is C38H40O10. The van der Waals surface area contributed by atoms with Crippen molar-refractivity contribution in [2.45, 2.75) is 31.8 Å². The van der Waals surface area contributed by atoms with E-state index < -0.39 is 18.0 Å². The van der Waals surface area contributed by atoms with Gasteiger partial charge in [0.2, 0.25) is 0 Å². The number of ether oxygens (including phenoxy) is 8. The minimum atomic E-state index is -0.930. The Kier molecular flexibility index (Phi) is 10.0. The number of esters is 1. The van der Waals surface area contributed by atoms with Gasteiger partial charge in [0.15, 0.2) is 12.4 Å². The fourth-order valence-electron chi connectivity index (χ4n) is 6.50. The Morgan fingerprint density at radius 1 is 0.625 bits per heavy atom. The van der Waals surface area contributed by atoms with Gasteiger partial charge in [0.25, 0.3) is 0 Å². The van der Waals surface area contributed by atoms with E-state index >= 15 is 0 Å². The van der Waals surface area contributed by atoms with Gasteiger partial charge in [-0.1, -0.05) is 26.0 Å². The molecular weight excluding hydrogens is 616 g/mol. The molecule has 4 aromatic rings. The van der Waals surface area contributed by atoms with Gasteiger partial charge >= 0.3 is 5.97 Å². The Balaban J connectivity index is 1.92. The number of carbonyl (C=O) groups is 2. The van der Waals surface area contributed by atoms with E-state index in [1.165, 1.54) is 21.3 Å². The first-order valence-corrected chi connectivity index (χ1v) is 15.3. The lowest BCUT2D eigenvalue weighted by molar-refractivity contribution is 0.0451. The Hall–Kier alpha value is -5.38. The second-order valence-corrected chi connectivity index (χ2v) is 11.4. The number of hydrogen-bond acceptors (Lipinski definition) is 10. The molecule has 10 heteroatoms. The number of carbonyl (C=O) groups excluding carboxylic acids is 2. The van der Waals surface area contributed by atoms with E-state index in [1.54, 1.807) is 46.6 Å². The minimum absolute atomic E-state index is 0.0109. The average Bonchev–Trinajstić information content (AvgIpc) is 3.45. The third kappa shape index (κ3) is 5.83. The Labute approximate surface area is 280 Å². The van der Waals surface area contributed by atoms with Crippen LogP contribution in [-0.4, -0.2) is 62.0 Å². The quantitative estimate of drug-likeness (QED) is 0.0838. The molecule has 0 saturated heterocycles. The van der Waals surface area contributed by atoms with Gasteiger partial charge in [-0.15, -0.1) is 0 Å². The van der Waals surface area contributed by atoms with Gasteiger partial charge in [-0.2, -0.15) is 0 Å². The molecule has 0 bridgehead atoms. The molecule has 252 valence electrons. The summed E-state index contributed by atoms with van der Waals surface area (Å²) in [7, 11) is 10.8. The summed E-state index contributed by atoms with van der Waals surface area (Å²) in [5.74, 6) is 2.14. The van der Waals surface area contributed by atoms with E-state index in [1.807, 2.05) is 50.2 Å². The van der Waals surface area contributed by atoms with E-state index in [0.29, 0.717) is 73.6 Å². The average molecular weight is 657 g/mol. The van der Waals surface area contributed by atoms with Crippen LogP contribution in [0.1, 0.15) is 85.9 Å². The smallest absolute Gasteiger partial charge is 0.343 e. The van der Waals surface area contributed by atoms with Crippen molar-refractivity contribution in [3.8, 4) is 40.2 Å². The van der Waals surface area contributed by atoms with E-state index in [4.69, 9.17) is 37.9 Å². The number of aldehydes is 1. The lowest BCUT2D eigenvalue weighted by Gasteiger charge is -2.29. The number of hydrogen-bond donors (Lipinski definition) is 0. The van der Waals surface area contributed by atoms with Gasteiger partial charge in [-0.05, 0) is 41.8 Å². The first-order chi connectivity index (χ1) is 23.2. The van der Waals surface area contributed by atoms with Crippen LogP contribution in [0.3, 0.4) is 0 Å². The van der Waals surface area contributed by atoms with Crippen LogP contribution in [0.15, 0.2) is 54.6 Å². The van der Waals surface area contributed by atoms with Crippen molar-refractivity contribution in [1.82, 2.24) is 0 Å². The highest BCUT2D eigenvalue weighted by molar-refractivity contribution is 5.99. The van der Waals surface area contributed by atoms with Crippen LogP contribution in [-0.2, 0) is 4.74 Å². The van der Waals surface area contributed by atoms with E-state index in [2.05, 4.69) is 0 Å². The largest absolute Gasteiger partial charge is 0.497 e. The summed E-state index contributed by atoms with van der Waals surface area (Å²) in [4.78, 5) is 26.6. The lowest BCUT2D eigenvalue weighted by atomic mass is 9.78. The summed E-state index contributed by atoms with van der Waals surface area (Å²) < 4.78 is 46.5. The topological polar surface area (TPSA) is 108 Å². The fourth-order valence-corrected chi connectivity index (χ4v) is 6.50. The second-order valence-electron chi connectivity index (χ2n) is 11.4. The molecule has 1 heterocycles. The Bertz CT molecular complexity index is 1830. The molecule has 1 aliphatic heterocycles. The predicted octanol–water partition coefficient (Wildman–Crippen LogP) is 7.12. The van der Waals surface area contributed by atoms with Gasteiger partial charge in [-0.25, -0.2) is 4.79 Å². The number of fused-ring (bicyclic) bond motifs is 1. The lowest BCUT2D eigenvalue weighted by Crippen LogP contribution is -2.15. The SMILES string of the molecule is COc1ccc(C(c2c(C=O)cc(OC)cc2OC)c2c(OC)cc(OC)cc2C2OC(=O)c3c2cc(OC)c(C(C)C)c3OC)cc1. The zero-order valence-electron chi connectivity index (χ0n) is 28.6. The van der Waals surface area contributed by atoms with Crippen LogP contribution in [0.25, 0.3) is 0 Å². The maximum absolute atomic E-state index is 13.8. The molecule has 2 atom stereocenters. The summed E-state index contributed by atoms with van der Waals surface area (Å²) in [6, 6.07) is 16.3. The third-order valence-corrected chi connectivity index (χ3v) is 8.67. The second kappa shape index (κ2) is 14.2. The zero-order chi connectivity index (χ0) is 34.7. The third-order valence-electron chi connectivity index (χ3n) is 8.67. The van der Waals surface area contributed by atoms with Crippen molar-refractivity contribution in [2.75, 3.05) is 49.8 Å². The van der Waals surface area contributed by atoms with Crippen molar-refractivity contribution >= 4 is 12.3 Å². The number of methoxy groups -OCH3 is 7. The Morgan fingerprint density at radius 3 is 1.71 bits per heavy atom. The van der Waals surface area contributed by atoms with E-state index in [0.717, 1.165) is 17.4 Å². The molecule has 4 aromatic carbocycles. The van der Waals surface area contributed by atoms with Crippen LogP contribution >= 0.6 is 0 Å². The highest BCUT2D eigenvalue weighted by atomic mass is 16.6. The number of cyclic esters (lactones) is 1. The number of rotatable bonds is 13. The van der Waals surface area contributed by atoms with Gasteiger partial charge in [0.05, 0.1) is 49.8 Å². The molecule has 10 nitrogen and oxygen atoms in total. The summed E-state index contributed by atoms with van der Waals surface area (Å²) in [5, 5.41) is 0. The highest BCUT2D eigenvalue weighted by Gasteiger charge is 2.42. The van der Waals surface area contributed by atoms with Crippen LogP contribution in [0.2, 0.25) is 0 Å². The van der Waals surface area contributed by atoms with Crippen LogP contribution in [0.4, 0.5) is 0 Å². The van der Waals surface area contributed by atoms with Gasteiger partial charge in [-0.3, -0.25) is 4.79 Å². The molecule has 0 aromatic heterocycles. The van der Waals surface area contributed by atoms with Crippen molar-refractivity contribution in [3.05, 3.63) is 99.1 Å². The first kappa shape index (κ1) is 34.0. The van der Waals surface area contributed by atoms with Crippen molar-refractivity contribution < 1.29 is 47.5 Å². The fraction of sp³-hybridized carbons (Fsp3) is 0.316. The van der Waals surface area contributed by atoms with E-state index in [9.17, 15) is 9.59 Å². The standard InChI is InChI=1S/C38H40O10/c1-20(2)31-30(46-8)18-27-35(37(31)47-9)38(40)48-36(27)26-15-25(43-5)17-29(45-7)34(26)33(21-10-12-23(41-3)13-11-21)32-22(19-39)14-24(42-4)16-28(32)44-6/h10-20,33,36H,1-9H3. The molecule has 0 radical (unpaired) electrons. The van der Waals surface area contributed by atoms with Crippen molar-refractivity contribution in [1.29, 1.82) is 0 Å². The van der Waals surface area contributed by atoms with Gasteiger partial charge in [0.1, 0.15) is 45.8 Å². The molecule has 5 rings (SSSR count). The molecule has 0 amide bonds.